The molecule has 0 saturated heterocycles. The molecule has 5 aromatic heterocycles. The molecule has 0 spiro atoms. The molecule has 8 aromatic rings. The first-order valence-corrected chi connectivity index (χ1v) is 11.7. The fourth-order valence-corrected chi connectivity index (χ4v) is 5.07. The summed E-state index contributed by atoms with van der Waals surface area (Å²) in [5.74, 6) is 1.56. The van der Waals surface area contributed by atoms with Crippen molar-refractivity contribution in [2.24, 2.45) is 0 Å². The van der Waals surface area contributed by atoms with Crippen molar-refractivity contribution >= 4 is 62.3 Å². The first-order chi connectivity index (χ1) is 17.7. The number of para-hydroxylation sites is 2. The van der Waals surface area contributed by atoms with E-state index in [4.69, 9.17) is 33.3 Å². The SMILES string of the molecule is Clc1nc2n(n1)c1nc(Cl)nn1c1nc(-c3ccc4c5ccccc5n(-c5ccccc5)c4c3)nn21. The highest BCUT2D eigenvalue weighted by Crippen LogP contribution is 2.34. The van der Waals surface area contributed by atoms with Crippen LogP contribution in [0.1, 0.15) is 0 Å². The molecule has 0 atom stereocenters. The van der Waals surface area contributed by atoms with E-state index in [0.29, 0.717) is 23.2 Å². The quantitative estimate of drug-likeness (QED) is 0.328. The molecule has 0 aliphatic rings. The third-order valence-electron chi connectivity index (χ3n) is 6.23. The van der Waals surface area contributed by atoms with Crippen molar-refractivity contribution in [1.82, 2.24) is 48.4 Å². The summed E-state index contributed by atoms with van der Waals surface area (Å²) in [5, 5.41) is 15.6. The zero-order valence-electron chi connectivity index (χ0n) is 18.2. The summed E-state index contributed by atoms with van der Waals surface area (Å²) >= 11 is 12.2. The molecule has 0 aliphatic carbocycles. The molecule has 0 radical (unpaired) electrons. The van der Waals surface area contributed by atoms with Gasteiger partial charge in [0, 0.05) is 22.0 Å². The van der Waals surface area contributed by atoms with E-state index in [1.165, 1.54) is 18.9 Å². The molecule has 0 bridgehead atoms. The van der Waals surface area contributed by atoms with Crippen molar-refractivity contribution in [3.8, 4) is 17.1 Å². The Morgan fingerprint density at radius 1 is 0.556 bits per heavy atom. The maximum Gasteiger partial charge on any atom is 0.261 e. The maximum atomic E-state index is 6.10. The number of hydrogen-bond donors (Lipinski definition) is 0. The van der Waals surface area contributed by atoms with E-state index in [9.17, 15) is 0 Å². The van der Waals surface area contributed by atoms with Crippen molar-refractivity contribution in [3.05, 3.63) is 83.4 Å². The summed E-state index contributed by atoms with van der Waals surface area (Å²) in [6, 6.07) is 24.8. The summed E-state index contributed by atoms with van der Waals surface area (Å²) in [6.45, 7) is 0. The lowest BCUT2D eigenvalue weighted by Gasteiger charge is -2.07. The highest BCUT2D eigenvalue weighted by molar-refractivity contribution is 6.28. The Kier molecular flexibility index (Phi) is 3.84. The molecule has 0 aliphatic heterocycles. The second-order valence-electron chi connectivity index (χ2n) is 8.25. The van der Waals surface area contributed by atoms with Crippen molar-refractivity contribution < 1.29 is 0 Å². The van der Waals surface area contributed by atoms with Gasteiger partial charge >= 0.3 is 0 Å². The van der Waals surface area contributed by atoms with E-state index in [-0.39, 0.29) is 10.6 Å². The van der Waals surface area contributed by atoms with Gasteiger partial charge < -0.3 is 4.57 Å². The van der Waals surface area contributed by atoms with E-state index in [0.717, 1.165) is 27.7 Å². The van der Waals surface area contributed by atoms with Crippen LogP contribution in [0.5, 0.6) is 0 Å². The summed E-state index contributed by atoms with van der Waals surface area (Å²) in [5.41, 5.74) is 4.07. The molecule has 12 heteroatoms. The molecule has 0 saturated carbocycles. The van der Waals surface area contributed by atoms with Gasteiger partial charge in [0.1, 0.15) is 0 Å². The summed E-state index contributed by atoms with van der Waals surface area (Å²) in [6.07, 6.45) is 0. The van der Waals surface area contributed by atoms with Gasteiger partial charge in [0.15, 0.2) is 5.82 Å². The van der Waals surface area contributed by atoms with Gasteiger partial charge in [0.05, 0.1) is 11.0 Å². The molecule has 3 aromatic carbocycles. The minimum absolute atomic E-state index is 0.0503. The molecule has 172 valence electrons. The molecular formula is C24H12Cl2N10. The second-order valence-corrected chi connectivity index (χ2v) is 8.93. The van der Waals surface area contributed by atoms with Gasteiger partial charge in [0.2, 0.25) is 10.6 Å². The van der Waals surface area contributed by atoms with Gasteiger partial charge in [-0.3, -0.25) is 0 Å². The Morgan fingerprint density at radius 2 is 1.17 bits per heavy atom. The Morgan fingerprint density at radius 3 is 1.92 bits per heavy atom. The van der Waals surface area contributed by atoms with Crippen LogP contribution in [0.4, 0.5) is 0 Å². The van der Waals surface area contributed by atoms with Gasteiger partial charge in [-0.15, -0.1) is 15.3 Å². The fraction of sp³-hybridized carbons (Fsp3) is 0. The zero-order valence-corrected chi connectivity index (χ0v) is 19.7. The first-order valence-electron chi connectivity index (χ1n) is 11.0. The standard InChI is InChI=1S/C24H12Cl2N10/c25-20-28-23-34-22(35-24(36(23)32-20)29-21(26)31-35)27-19(30-34)13-10-11-16-15-8-4-5-9-17(15)33(18(16)12-13)14-6-2-1-3-7-14/h1-12H. The number of rotatable bonds is 2. The third kappa shape index (κ3) is 2.62. The molecule has 5 heterocycles. The molecule has 0 unspecified atom stereocenters. The zero-order chi connectivity index (χ0) is 24.0. The number of fused-ring (bicyclic) bond motifs is 9. The predicted octanol–water partition coefficient (Wildman–Crippen LogP) is 4.89. The average Bonchev–Trinajstić information content (AvgIpc) is 3.66. The van der Waals surface area contributed by atoms with Crippen LogP contribution in [0.15, 0.2) is 72.8 Å². The molecule has 0 N–H and O–H groups in total. The van der Waals surface area contributed by atoms with Crippen LogP contribution in [0.25, 0.3) is 56.2 Å². The summed E-state index contributed by atoms with van der Waals surface area (Å²) < 4.78 is 6.68. The number of aromatic nitrogens is 10. The highest BCUT2D eigenvalue weighted by Gasteiger charge is 2.21. The van der Waals surface area contributed by atoms with Crippen LogP contribution in [0, 0.1) is 0 Å². The Labute approximate surface area is 211 Å². The lowest BCUT2D eigenvalue weighted by atomic mass is 10.1. The number of nitrogens with zero attached hydrogens (tertiary/aromatic N) is 10. The van der Waals surface area contributed by atoms with Crippen molar-refractivity contribution in [2.45, 2.75) is 0 Å². The topological polar surface area (TPSA) is 95.5 Å². The average molecular weight is 511 g/mol. The van der Waals surface area contributed by atoms with Crippen molar-refractivity contribution in [1.29, 1.82) is 0 Å². The minimum Gasteiger partial charge on any atom is -0.309 e. The molecule has 0 fully saturated rings. The minimum atomic E-state index is 0.0503. The Bertz CT molecular complexity index is 2060. The van der Waals surface area contributed by atoms with Crippen LogP contribution in [-0.4, -0.2) is 48.4 Å². The highest BCUT2D eigenvalue weighted by atomic mass is 35.5. The van der Waals surface area contributed by atoms with Crippen LogP contribution in [0.3, 0.4) is 0 Å². The van der Waals surface area contributed by atoms with Crippen molar-refractivity contribution in [2.75, 3.05) is 0 Å². The van der Waals surface area contributed by atoms with Crippen LogP contribution < -0.4 is 0 Å². The number of hydrogen-bond acceptors (Lipinski definition) is 6. The monoisotopic (exact) mass is 510 g/mol. The smallest absolute Gasteiger partial charge is 0.261 e. The largest absolute Gasteiger partial charge is 0.309 e. The Balaban J connectivity index is 1.44. The van der Waals surface area contributed by atoms with E-state index < -0.39 is 0 Å². The van der Waals surface area contributed by atoms with E-state index in [2.05, 4.69) is 73.3 Å². The molecular weight excluding hydrogens is 499 g/mol. The van der Waals surface area contributed by atoms with Crippen molar-refractivity contribution in [3.63, 3.8) is 0 Å². The maximum absolute atomic E-state index is 6.10. The molecule has 0 amide bonds. The van der Waals surface area contributed by atoms with Gasteiger partial charge in [-0.1, -0.05) is 48.5 Å². The van der Waals surface area contributed by atoms with Crippen LogP contribution in [-0.2, 0) is 0 Å². The Hall–Kier alpha value is -4.54. The third-order valence-corrected chi connectivity index (χ3v) is 6.55. The fourth-order valence-electron chi connectivity index (χ4n) is 4.76. The first kappa shape index (κ1) is 19.7. The molecule has 10 nitrogen and oxygen atoms in total. The van der Waals surface area contributed by atoms with Crippen LogP contribution in [0.2, 0.25) is 10.6 Å². The van der Waals surface area contributed by atoms with E-state index >= 15 is 0 Å². The van der Waals surface area contributed by atoms with E-state index in [1.807, 2.05) is 24.3 Å². The van der Waals surface area contributed by atoms with Gasteiger partial charge in [-0.25, -0.2) is 0 Å². The lowest BCUT2D eigenvalue weighted by molar-refractivity contribution is 0.816. The van der Waals surface area contributed by atoms with Gasteiger partial charge in [-0.05, 0) is 47.5 Å². The van der Waals surface area contributed by atoms with Gasteiger partial charge in [0.25, 0.3) is 17.3 Å². The second kappa shape index (κ2) is 7.00. The van der Waals surface area contributed by atoms with Crippen LogP contribution >= 0.6 is 23.2 Å². The molecule has 36 heavy (non-hydrogen) atoms. The normalized spacial score (nSPS) is 12.2. The van der Waals surface area contributed by atoms with E-state index in [1.54, 1.807) is 0 Å². The predicted molar refractivity (Wildman–Crippen MR) is 136 cm³/mol. The summed E-state index contributed by atoms with van der Waals surface area (Å²) in [7, 11) is 0. The number of benzene rings is 3. The number of halogens is 2. The summed E-state index contributed by atoms with van der Waals surface area (Å²) in [4.78, 5) is 13.3. The molecule has 8 rings (SSSR count). The lowest BCUT2D eigenvalue weighted by Crippen LogP contribution is -2.06. The van der Waals surface area contributed by atoms with Gasteiger partial charge in [-0.2, -0.15) is 28.5 Å².